The molecule has 8 heteroatoms. The van der Waals surface area contributed by atoms with Crippen LogP contribution in [-0.2, 0) is 17.8 Å². The smallest absolute Gasteiger partial charge is 0.162 e. The molecule has 0 bridgehead atoms. The normalized spacial score (nSPS) is 17.0. The highest BCUT2D eigenvalue weighted by atomic mass is 16.5. The standard InChI is InChI=1S/C19H19N7O/c20-11-14-10-15-12-27-9-4-16(15)22-19(14)25-7-5-24(6-8-25)18-3-1-2-17-23-21-13-26(17)18/h1-3,10,13H,4-9,12H2. The maximum absolute atomic E-state index is 9.59. The van der Waals surface area contributed by atoms with E-state index in [1.165, 1.54) is 0 Å². The summed E-state index contributed by atoms with van der Waals surface area (Å²) in [6, 6.07) is 10.3. The predicted molar refractivity (Wildman–Crippen MR) is 99.7 cm³/mol. The van der Waals surface area contributed by atoms with Gasteiger partial charge in [0.05, 0.1) is 24.5 Å². The molecule has 0 aliphatic carbocycles. The summed E-state index contributed by atoms with van der Waals surface area (Å²) >= 11 is 0. The second kappa shape index (κ2) is 6.52. The summed E-state index contributed by atoms with van der Waals surface area (Å²) in [7, 11) is 0. The largest absolute Gasteiger partial charge is 0.376 e. The van der Waals surface area contributed by atoms with E-state index < -0.39 is 0 Å². The molecule has 0 atom stereocenters. The van der Waals surface area contributed by atoms with Gasteiger partial charge >= 0.3 is 0 Å². The van der Waals surface area contributed by atoms with Crippen LogP contribution in [0.1, 0.15) is 16.8 Å². The van der Waals surface area contributed by atoms with E-state index >= 15 is 0 Å². The highest BCUT2D eigenvalue weighted by molar-refractivity contribution is 5.58. The lowest BCUT2D eigenvalue weighted by Gasteiger charge is -2.37. The van der Waals surface area contributed by atoms with Crippen LogP contribution in [0.25, 0.3) is 5.65 Å². The van der Waals surface area contributed by atoms with Crippen LogP contribution in [0.5, 0.6) is 0 Å². The number of nitriles is 1. The number of hydrogen-bond acceptors (Lipinski definition) is 7. The van der Waals surface area contributed by atoms with E-state index in [9.17, 15) is 5.26 Å². The van der Waals surface area contributed by atoms with Crippen LogP contribution >= 0.6 is 0 Å². The summed E-state index contributed by atoms with van der Waals surface area (Å²) in [6.45, 7) is 4.58. The first-order chi connectivity index (χ1) is 13.3. The molecular formula is C19H19N7O. The molecule has 0 radical (unpaired) electrons. The highest BCUT2D eigenvalue weighted by Crippen LogP contribution is 2.26. The van der Waals surface area contributed by atoms with Gasteiger partial charge in [-0.25, -0.2) is 4.98 Å². The van der Waals surface area contributed by atoms with E-state index in [1.807, 2.05) is 22.6 Å². The number of aromatic nitrogens is 4. The maximum atomic E-state index is 9.59. The quantitative estimate of drug-likeness (QED) is 0.682. The molecule has 0 spiro atoms. The lowest BCUT2D eigenvalue weighted by Crippen LogP contribution is -2.47. The van der Waals surface area contributed by atoms with Crippen molar-refractivity contribution in [1.29, 1.82) is 5.26 Å². The van der Waals surface area contributed by atoms with Crippen molar-refractivity contribution in [3.05, 3.63) is 47.4 Å². The van der Waals surface area contributed by atoms with Gasteiger partial charge in [0.1, 0.15) is 24.0 Å². The molecule has 136 valence electrons. The summed E-state index contributed by atoms with van der Waals surface area (Å²) in [5.41, 5.74) is 3.58. The summed E-state index contributed by atoms with van der Waals surface area (Å²) in [6.07, 6.45) is 2.56. The van der Waals surface area contributed by atoms with Gasteiger partial charge in [0, 0.05) is 38.2 Å². The minimum Gasteiger partial charge on any atom is -0.376 e. The summed E-state index contributed by atoms with van der Waals surface area (Å²) in [5.74, 6) is 1.90. The number of nitrogens with zero attached hydrogens (tertiary/aromatic N) is 7. The highest BCUT2D eigenvalue weighted by Gasteiger charge is 2.24. The van der Waals surface area contributed by atoms with Gasteiger partial charge in [-0.05, 0) is 18.2 Å². The van der Waals surface area contributed by atoms with Gasteiger partial charge in [-0.3, -0.25) is 4.40 Å². The third kappa shape index (κ3) is 2.76. The molecule has 2 aliphatic rings. The third-order valence-corrected chi connectivity index (χ3v) is 5.25. The van der Waals surface area contributed by atoms with Crippen molar-refractivity contribution in [2.24, 2.45) is 0 Å². The minimum absolute atomic E-state index is 0.550. The minimum atomic E-state index is 0.550. The lowest BCUT2D eigenvalue weighted by molar-refractivity contribution is 0.109. The fourth-order valence-electron chi connectivity index (χ4n) is 3.84. The number of fused-ring (bicyclic) bond motifs is 2. The Hall–Kier alpha value is -3.18. The summed E-state index contributed by atoms with van der Waals surface area (Å²) in [5, 5.41) is 17.7. The van der Waals surface area contributed by atoms with Gasteiger partial charge in [-0.2, -0.15) is 5.26 Å². The topological polar surface area (TPSA) is 82.6 Å². The molecule has 1 fully saturated rings. The zero-order chi connectivity index (χ0) is 18.2. The molecule has 5 heterocycles. The first-order valence-electron chi connectivity index (χ1n) is 9.13. The van der Waals surface area contributed by atoms with Gasteiger partial charge in [-0.15, -0.1) is 10.2 Å². The summed E-state index contributed by atoms with van der Waals surface area (Å²) < 4.78 is 7.50. The van der Waals surface area contributed by atoms with Crippen molar-refractivity contribution in [2.45, 2.75) is 13.0 Å². The number of anilines is 2. The van der Waals surface area contributed by atoms with E-state index in [1.54, 1.807) is 6.33 Å². The Morgan fingerprint density at radius 1 is 1.11 bits per heavy atom. The van der Waals surface area contributed by atoms with Crippen molar-refractivity contribution in [3.8, 4) is 6.07 Å². The van der Waals surface area contributed by atoms with Crippen molar-refractivity contribution < 1.29 is 4.74 Å². The van der Waals surface area contributed by atoms with Crippen LogP contribution in [0.3, 0.4) is 0 Å². The van der Waals surface area contributed by atoms with Crippen LogP contribution in [0.4, 0.5) is 11.6 Å². The zero-order valence-electron chi connectivity index (χ0n) is 14.9. The Morgan fingerprint density at radius 2 is 1.96 bits per heavy atom. The second-order valence-electron chi connectivity index (χ2n) is 6.80. The van der Waals surface area contributed by atoms with Gasteiger partial charge in [0.15, 0.2) is 5.65 Å². The van der Waals surface area contributed by atoms with E-state index in [0.29, 0.717) is 18.8 Å². The van der Waals surface area contributed by atoms with E-state index in [0.717, 1.165) is 61.1 Å². The molecule has 27 heavy (non-hydrogen) atoms. The third-order valence-electron chi connectivity index (χ3n) is 5.25. The monoisotopic (exact) mass is 361 g/mol. The number of pyridine rings is 2. The van der Waals surface area contributed by atoms with E-state index in [2.05, 4.69) is 32.1 Å². The average Bonchev–Trinajstić information content (AvgIpc) is 3.22. The fraction of sp³-hybridized carbons (Fsp3) is 0.368. The number of piperazine rings is 1. The first kappa shape index (κ1) is 16.0. The SMILES string of the molecule is N#Cc1cc2c(nc1N1CCN(c3cccc4nncn34)CC1)CCOC2. The average molecular weight is 361 g/mol. The molecule has 0 amide bonds. The molecule has 3 aromatic rings. The van der Waals surface area contributed by atoms with Gasteiger partial charge < -0.3 is 14.5 Å². The maximum Gasteiger partial charge on any atom is 0.162 e. The zero-order valence-corrected chi connectivity index (χ0v) is 14.9. The molecule has 0 saturated carbocycles. The Balaban J connectivity index is 1.39. The van der Waals surface area contributed by atoms with E-state index in [4.69, 9.17) is 9.72 Å². The molecule has 5 rings (SSSR count). The molecule has 3 aromatic heterocycles. The Labute approximate surface area is 156 Å². The predicted octanol–water partition coefficient (Wildman–Crippen LogP) is 1.40. The molecule has 2 aliphatic heterocycles. The van der Waals surface area contributed by atoms with Crippen LogP contribution in [-0.4, -0.2) is 52.4 Å². The van der Waals surface area contributed by atoms with Crippen molar-refractivity contribution in [1.82, 2.24) is 19.6 Å². The van der Waals surface area contributed by atoms with Crippen LogP contribution in [0, 0.1) is 11.3 Å². The van der Waals surface area contributed by atoms with Crippen LogP contribution < -0.4 is 9.80 Å². The summed E-state index contributed by atoms with van der Waals surface area (Å²) in [4.78, 5) is 9.37. The Kier molecular flexibility index (Phi) is 3.87. The molecule has 0 aromatic carbocycles. The first-order valence-corrected chi connectivity index (χ1v) is 9.13. The van der Waals surface area contributed by atoms with Gasteiger partial charge in [-0.1, -0.05) is 6.07 Å². The second-order valence-corrected chi connectivity index (χ2v) is 6.80. The Morgan fingerprint density at radius 3 is 2.81 bits per heavy atom. The molecule has 0 N–H and O–H groups in total. The van der Waals surface area contributed by atoms with Crippen molar-refractivity contribution in [2.75, 3.05) is 42.6 Å². The number of hydrogen-bond donors (Lipinski definition) is 0. The van der Waals surface area contributed by atoms with Crippen LogP contribution in [0.2, 0.25) is 0 Å². The van der Waals surface area contributed by atoms with Crippen molar-refractivity contribution >= 4 is 17.3 Å². The molecule has 0 unspecified atom stereocenters. The van der Waals surface area contributed by atoms with Gasteiger partial charge in [0.2, 0.25) is 0 Å². The molecule has 1 saturated heterocycles. The molecule has 8 nitrogen and oxygen atoms in total. The van der Waals surface area contributed by atoms with Gasteiger partial charge in [0.25, 0.3) is 0 Å². The fourth-order valence-corrected chi connectivity index (χ4v) is 3.84. The lowest BCUT2D eigenvalue weighted by atomic mass is 10.1. The Bertz CT molecular complexity index is 1030. The van der Waals surface area contributed by atoms with Crippen molar-refractivity contribution in [3.63, 3.8) is 0 Å². The number of ether oxygens (including phenoxy) is 1. The van der Waals surface area contributed by atoms with E-state index in [-0.39, 0.29) is 0 Å². The molecular weight excluding hydrogens is 342 g/mol. The van der Waals surface area contributed by atoms with Crippen LogP contribution in [0.15, 0.2) is 30.6 Å². The number of rotatable bonds is 2.